The minimum Gasteiger partial charge on any atom is -0.494 e. The predicted octanol–water partition coefficient (Wildman–Crippen LogP) is 3.52. The highest BCUT2D eigenvalue weighted by molar-refractivity contribution is 14.0. The van der Waals surface area contributed by atoms with E-state index in [9.17, 15) is 0 Å². The summed E-state index contributed by atoms with van der Waals surface area (Å²) in [6.45, 7) is 1.58. The van der Waals surface area contributed by atoms with Crippen molar-refractivity contribution in [2.24, 2.45) is 4.99 Å². The Morgan fingerprint density at radius 2 is 2.09 bits per heavy atom. The molecule has 1 aliphatic carbocycles. The van der Waals surface area contributed by atoms with E-state index in [0.717, 1.165) is 29.9 Å². The molecule has 2 unspecified atom stereocenters. The van der Waals surface area contributed by atoms with Gasteiger partial charge in [0.05, 0.1) is 6.61 Å². The molecule has 1 aromatic rings. The van der Waals surface area contributed by atoms with E-state index >= 15 is 0 Å². The van der Waals surface area contributed by atoms with E-state index < -0.39 is 0 Å². The molecular formula is C17H28IN3OS. The molecule has 130 valence electrons. The molecule has 4 nitrogen and oxygen atoms in total. The van der Waals surface area contributed by atoms with Crippen molar-refractivity contribution < 1.29 is 4.74 Å². The van der Waals surface area contributed by atoms with Gasteiger partial charge in [-0.15, -0.1) is 24.0 Å². The lowest BCUT2D eigenvalue weighted by Crippen LogP contribution is -2.43. The monoisotopic (exact) mass is 449 g/mol. The summed E-state index contributed by atoms with van der Waals surface area (Å²) in [6, 6.07) is 10.5. The van der Waals surface area contributed by atoms with Crippen molar-refractivity contribution in [1.82, 2.24) is 10.6 Å². The van der Waals surface area contributed by atoms with Crippen molar-refractivity contribution in [2.45, 2.75) is 37.0 Å². The van der Waals surface area contributed by atoms with Crippen LogP contribution in [0.4, 0.5) is 0 Å². The van der Waals surface area contributed by atoms with E-state index in [1.165, 1.54) is 19.3 Å². The summed E-state index contributed by atoms with van der Waals surface area (Å²) in [7, 11) is 1.83. The fourth-order valence-electron chi connectivity index (χ4n) is 2.66. The Labute approximate surface area is 161 Å². The molecule has 1 aromatic carbocycles. The molecule has 6 heteroatoms. The summed E-state index contributed by atoms with van der Waals surface area (Å²) in [6.07, 6.45) is 6.93. The number of para-hydroxylation sites is 1. The second kappa shape index (κ2) is 11.8. The van der Waals surface area contributed by atoms with Crippen LogP contribution in [0.2, 0.25) is 0 Å². The topological polar surface area (TPSA) is 45.7 Å². The quantitative estimate of drug-likeness (QED) is 0.290. The molecule has 1 saturated carbocycles. The summed E-state index contributed by atoms with van der Waals surface area (Å²) in [5.41, 5.74) is 0. The molecule has 2 rings (SSSR count). The molecule has 0 aliphatic heterocycles. The zero-order valence-electron chi connectivity index (χ0n) is 14.0. The maximum Gasteiger partial charge on any atom is 0.191 e. The van der Waals surface area contributed by atoms with Gasteiger partial charge >= 0.3 is 0 Å². The van der Waals surface area contributed by atoms with Crippen LogP contribution < -0.4 is 15.4 Å². The third kappa shape index (κ3) is 7.65. The molecule has 23 heavy (non-hydrogen) atoms. The van der Waals surface area contributed by atoms with Crippen LogP contribution in [-0.4, -0.2) is 43.7 Å². The average Bonchev–Trinajstić information content (AvgIpc) is 3.02. The molecule has 0 saturated heterocycles. The number of hydrogen-bond donors (Lipinski definition) is 2. The number of hydrogen-bond acceptors (Lipinski definition) is 3. The smallest absolute Gasteiger partial charge is 0.191 e. The van der Waals surface area contributed by atoms with Gasteiger partial charge in [0.25, 0.3) is 0 Å². The minimum atomic E-state index is 0. The van der Waals surface area contributed by atoms with Gasteiger partial charge < -0.3 is 15.4 Å². The molecule has 0 amide bonds. The molecule has 0 bridgehead atoms. The van der Waals surface area contributed by atoms with Crippen LogP contribution in [0.25, 0.3) is 0 Å². The lowest BCUT2D eigenvalue weighted by molar-refractivity contribution is 0.311. The highest BCUT2D eigenvalue weighted by Crippen LogP contribution is 2.27. The fraction of sp³-hybridized carbons (Fsp3) is 0.588. The Balaban J connectivity index is 0.00000264. The minimum absolute atomic E-state index is 0. The molecule has 1 fully saturated rings. The van der Waals surface area contributed by atoms with E-state index in [1.54, 1.807) is 0 Å². The van der Waals surface area contributed by atoms with Gasteiger partial charge in [0.2, 0.25) is 0 Å². The van der Waals surface area contributed by atoms with Crippen LogP contribution in [0.1, 0.15) is 25.7 Å². The summed E-state index contributed by atoms with van der Waals surface area (Å²) in [4.78, 5) is 4.31. The number of aliphatic imine (C=N–C) groups is 1. The van der Waals surface area contributed by atoms with Crippen molar-refractivity contribution in [2.75, 3.05) is 26.5 Å². The number of rotatable bonds is 7. The maximum atomic E-state index is 5.68. The molecular weight excluding hydrogens is 421 g/mol. The zero-order chi connectivity index (χ0) is 15.6. The van der Waals surface area contributed by atoms with Crippen LogP contribution in [0.15, 0.2) is 35.3 Å². The number of nitrogens with zero attached hydrogens (tertiary/aromatic N) is 1. The van der Waals surface area contributed by atoms with Gasteiger partial charge in [-0.25, -0.2) is 0 Å². The lowest BCUT2D eigenvalue weighted by Gasteiger charge is -2.17. The first-order chi connectivity index (χ1) is 10.8. The Kier molecular flexibility index (Phi) is 10.5. The van der Waals surface area contributed by atoms with Gasteiger partial charge in [0, 0.05) is 24.9 Å². The number of guanidine groups is 1. The SMILES string of the molecule is CN=C(NCCCOc1ccccc1)NC1CCC(SC)C1.I. The molecule has 0 heterocycles. The predicted molar refractivity (Wildman–Crippen MR) is 111 cm³/mol. The lowest BCUT2D eigenvalue weighted by atomic mass is 10.2. The number of thioether (sulfide) groups is 1. The van der Waals surface area contributed by atoms with Crippen LogP contribution in [0, 0.1) is 0 Å². The number of halogens is 1. The van der Waals surface area contributed by atoms with Gasteiger partial charge in [0.15, 0.2) is 5.96 Å². The van der Waals surface area contributed by atoms with Crippen molar-refractivity contribution in [3.8, 4) is 5.75 Å². The molecule has 0 spiro atoms. The van der Waals surface area contributed by atoms with Crippen LogP contribution in [0.5, 0.6) is 5.75 Å². The van der Waals surface area contributed by atoms with E-state index in [1.807, 2.05) is 49.1 Å². The van der Waals surface area contributed by atoms with Gasteiger partial charge in [-0.2, -0.15) is 11.8 Å². The van der Waals surface area contributed by atoms with Crippen LogP contribution in [-0.2, 0) is 0 Å². The average molecular weight is 449 g/mol. The fourth-order valence-corrected chi connectivity index (χ4v) is 3.46. The second-order valence-corrected chi connectivity index (χ2v) is 6.66. The summed E-state index contributed by atoms with van der Waals surface area (Å²) < 4.78 is 5.68. The summed E-state index contributed by atoms with van der Waals surface area (Å²) in [5, 5.41) is 7.69. The van der Waals surface area contributed by atoms with E-state index in [-0.39, 0.29) is 24.0 Å². The summed E-state index contributed by atoms with van der Waals surface area (Å²) in [5.74, 6) is 1.84. The normalized spacial score (nSPS) is 20.7. The van der Waals surface area contributed by atoms with E-state index in [2.05, 4.69) is 21.9 Å². The molecule has 0 aromatic heterocycles. The van der Waals surface area contributed by atoms with Crippen molar-refractivity contribution in [1.29, 1.82) is 0 Å². The highest BCUT2D eigenvalue weighted by Gasteiger charge is 2.24. The largest absolute Gasteiger partial charge is 0.494 e. The van der Waals surface area contributed by atoms with E-state index in [4.69, 9.17) is 4.74 Å². The maximum absolute atomic E-state index is 5.68. The zero-order valence-corrected chi connectivity index (χ0v) is 17.1. The number of benzene rings is 1. The Bertz CT molecular complexity index is 458. The number of ether oxygens (including phenoxy) is 1. The Hall–Kier alpha value is -0.630. The molecule has 2 atom stereocenters. The molecule has 1 aliphatic rings. The first-order valence-corrected chi connectivity index (χ1v) is 9.28. The van der Waals surface area contributed by atoms with Gasteiger partial charge in [-0.05, 0) is 44.1 Å². The second-order valence-electron chi connectivity index (χ2n) is 5.53. The van der Waals surface area contributed by atoms with Gasteiger partial charge in [-0.1, -0.05) is 18.2 Å². The van der Waals surface area contributed by atoms with Crippen molar-refractivity contribution >= 4 is 41.7 Å². The van der Waals surface area contributed by atoms with E-state index in [0.29, 0.717) is 12.6 Å². The summed E-state index contributed by atoms with van der Waals surface area (Å²) >= 11 is 1.98. The standard InChI is InChI=1S/C17H27N3OS.HI/c1-18-17(20-14-9-10-16(13-14)22-2)19-11-6-12-21-15-7-4-3-5-8-15;/h3-5,7-8,14,16H,6,9-13H2,1-2H3,(H2,18,19,20);1H. The van der Waals surface area contributed by atoms with Crippen molar-refractivity contribution in [3.63, 3.8) is 0 Å². The number of nitrogens with one attached hydrogen (secondary N) is 2. The molecule has 0 radical (unpaired) electrons. The van der Waals surface area contributed by atoms with Crippen LogP contribution in [0.3, 0.4) is 0 Å². The first kappa shape index (κ1) is 20.4. The van der Waals surface area contributed by atoms with Gasteiger partial charge in [0.1, 0.15) is 5.75 Å². The third-order valence-electron chi connectivity index (χ3n) is 3.91. The molecule has 2 N–H and O–H groups in total. The van der Waals surface area contributed by atoms with Crippen molar-refractivity contribution in [3.05, 3.63) is 30.3 Å². The third-order valence-corrected chi connectivity index (χ3v) is 5.00. The Morgan fingerprint density at radius 3 is 2.74 bits per heavy atom. The van der Waals surface area contributed by atoms with Gasteiger partial charge in [-0.3, -0.25) is 4.99 Å². The van der Waals surface area contributed by atoms with Crippen LogP contribution >= 0.6 is 35.7 Å². The Morgan fingerprint density at radius 1 is 1.30 bits per heavy atom. The first-order valence-electron chi connectivity index (χ1n) is 7.99. The highest BCUT2D eigenvalue weighted by atomic mass is 127.